The third-order valence-electron chi connectivity index (χ3n) is 2.25. The second-order valence-electron chi connectivity index (χ2n) is 3.66. The summed E-state index contributed by atoms with van der Waals surface area (Å²) in [5, 5.41) is 5.87. The van der Waals surface area contributed by atoms with Crippen molar-refractivity contribution in [2.45, 2.75) is 19.9 Å². The van der Waals surface area contributed by atoms with Crippen molar-refractivity contribution in [1.29, 1.82) is 0 Å². The predicted octanol–water partition coefficient (Wildman–Crippen LogP) is 0.442. The van der Waals surface area contributed by atoms with E-state index >= 15 is 0 Å². The fourth-order valence-corrected chi connectivity index (χ4v) is 1.34. The Morgan fingerprint density at radius 3 is 2.87 bits per heavy atom. The van der Waals surface area contributed by atoms with Crippen molar-refractivity contribution in [2.24, 2.45) is 5.92 Å². The van der Waals surface area contributed by atoms with Crippen LogP contribution in [0.2, 0.25) is 0 Å². The fraction of sp³-hybridized carbons (Fsp3) is 0.600. The van der Waals surface area contributed by atoms with Gasteiger partial charge in [0.1, 0.15) is 5.82 Å². The number of carbonyl (C=O) groups excluding carboxylic acids is 1. The Labute approximate surface area is 89.7 Å². The van der Waals surface area contributed by atoms with Gasteiger partial charge in [-0.25, -0.2) is 4.98 Å². The van der Waals surface area contributed by atoms with Gasteiger partial charge in [0, 0.05) is 24.9 Å². The normalized spacial score (nSPS) is 14.6. The summed E-state index contributed by atoms with van der Waals surface area (Å²) in [6.07, 6.45) is 3.42. The lowest BCUT2D eigenvalue weighted by molar-refractivity contribution is -0.125. The number of imidazole rings is 1. The largest absolute Gasteiger partial charge is 0.347 e. The van der Waals surface area contributed by atoms with Crippen molar-refractivity contribution in [3.63, 3.8) is 0 Å². The third kappa shape index (κ3) is 3.36. The van der Waals surface area contributed by atoms with Crippen LogP contribution in [0.1, 0.15) is 25.7 Å². The van der Waals surface area contributed by atoms with Crippen LogP contribution in [0.5, 0.6) is 0 Å². The van der Waals surface area contributed by atoms with E-state index in [1.165, 1.54) is 0 Å². The van der Waals surface area contributed by atoms with Crippen molar-refractivity contribution < 1.29 is 4.79 Å². The Morgan fingerprint density at radius 2 is 2.33 bits per heavy atom. The molecular weight excluding hydrogens is 192 g/mol. The molecule has 1 heterocycles. The molecular formula is C10H18N4O. The monoisotopic (exact) mass is 210 g/mol. The maximum atomic E-state index is 11.6. The summed E-state index contributed by atoms with van der Waals surface area (Å²) in [7, 11) is 1.83. The van der Waals surface area contributed by atoms with Gasteiger partial charge in [0.05, 0.1) is 6.04 Å². The standard InChI is InChI=1S/C10H18N4O/c1-7(6-11-3)10(15)14-8(2)9-12-4-5-13-9/h4-5,7-8,11H,6H2,1-3H3,(H,12,13)(H,14,15). The Hall–Kier alpha value is -1.36. The van der Waals surface area contributed by atoms with Gasteiger partial charge in [-0.3, -0.25) is 4.79 Å². The van der Waals surface area contributed by atoms with Crippen LogP contribution in [0.15, 0.2) is 12.4 Å². The van der Waals surface area contributed by atoms with Crippen LogP contribution in [0, 0.1) is 5.92 Å². The number of aromatic amines is 1. The van der Waals surface area contributed by atoms with Crippen molar-refractivity contribution in [1.82, 2.24) is 20.6 Å². The lowest BCUT2D eigenvalue weighted by Gasteiger charge is -2.15. The minimum Gasteiger partial charge on any atom is -0.347 e. The maximum Gasteiger partial charge on any atom is 0.224 e. The fourth-order valence-electron chi connectivity index (χ4n) is 1.34. The average Bonchev–Trinajstić information content (AvgIpc) is 2.70. The predicted molar refractivity (Wildman–Crippen MR) is 58.2 cm³/mol. The van der Waals surface area contributed by atoms with Crippen LogP contribution >= 0.6 is 0 Å². The quantitative estimate of drug-likeness (QED) is 0.660. The van der Waals surface area contributed by atoms with Gasteiger partial charge in [-0.1, -0.05) is 6.92 Å². The molecule has 0 saturated carbocycles. The van der Waals surface area contributed by atoms with Gasteiger partial charge in [0.25, 0.3) is 0 Å². The molecule has 1 aromatic heterocycles. The van der Waals surface area contributed by atoms with Crippen LogP contribution in [-0.2, 0) is 4.79 Å². The number of hydrogen-bond donors (Lipinski definition) is 3. The maximum absolute atomic E-state index is 11.6. The van der Waals surface area contributed by atoms with Crippen molar-refractivity contribution in [2.75, 3.05) is 13.6 Å². The number of hydrogen-bond acceptors (Lipinski definition) is 3. The molecule has 2 atom stereocenters. The molecule has 0 aliphatic heterocycles. The van der Waals surface area contributed by atoms with E-state index in [9.17, 15) is 4.79 Å². The summed E-state index contributed by atoms with van der Waals surface area (Å²) < 4.78 is 0. The number of carbonyl (C=O) groups is 1. The van der Waals surface area contributed by atoms with Crippen LogP contribution in [0.4, 0.5) is 0 Å². The summed E-state index contributed by atoms with van der Waals surface area (Å²) in [6.45, 7) is 4.47. The van der Waals surface area contributed by atoms with E-state index < -0.39 is 0 Å². The molecule has 0 fully saturated rings. The highest BCUT2D eigenvalue weighted by atomic mass is 16.1. The zero-order valence-electron chi connectivity index (χ0n) is 9.37. The number of nitrogens with zero attached hydrogens (tertiary/aromatic N) is 1. The highest BCUT2D eigenvalue weighted by Crippen LogP contribution is 2.06. The summed E-state index contributed by atoms with van der Waals surface area (Å²) in [5.74, 6) is 0.778. The zero-order valence-corrected chi connectivity index (χ0v) is 9.37. The van der Waals surface area contributed by atoms with Gasteiger partial charge in [0.2, 0.25) is 5.91 Å². The van der Waals surface area contributed by atoms with Gasteiger partial charge in [-0.15, -0.1) is 0 Å². The van der Waals surface area contributed by atoms with Gasteiger partial charge < -0.3 is 15.6 Å². The lowest BCUT2D eigenvalue weighted by atomic mass is 10.1. The van der Waals surface area contributed by atoms with Gasteiger partial charge >= 0.3 is 0 Å². The molecule has 5 nitrogen and oxygen atoms in total. The van der Waals surface area contributed by atoms with E-state index in [2.05, 4.69) is 20.6 Å². The molecule has 5 heteroatoms. The van der Waals surface area contributed by atoms with Crippen LogP contribution in [-0.4, -0.2) is 29.5 Å². The number of H-pyrrole nitrogens is 1. The molecule has 0 aliphatic rings. The smallest absolute Gasteiger partial charge is 0.224 e. The Bertz CT molecular complexity index is 296. The topological polar surface area (TPSA) is 69.8 Å². The van der Waals surface area contributed by atoms with E-state index in [0.717, 1.165) is 5.82 Å². The van der Waals surface area contributed by atoms with Crippen molar-refractivity contribution in [3.05, 3.63) is 18.2 Å². The Morgan fingerprint density at radius 1 is 1.60 bits per heavy atom. The van der Waals surface area contributed by atoms with Gasteiger partial charge in [-0.05, 0) is 14.0 Å². The molecule has 84 valence electrons. The number of amides is 1. The molecule has 15 heavy (non-hydrogen) atoms. The third-order valence-corrected chi connectivity index (χ3v) is 2.25. The first-order valence-corrected chi connectivity index (χ1v) is 5.09. The summed E-state index contributed by atoms with van der Waals surface area (Å²) in [4.78, 5) is 18.7. The first kappa shape index (κ1) is 11.7. The molecule has 1 rings (SSSR count). The molecule has 0 bridgehead atoms. The highest BCUT2D eigenvalue weighted by molar-refractivity contribution is 5.78. The summed E-state index contributed by atoms with van der Waals surface area (Å²) in [5.41, 5.74) is 0. The second-order valence-corrected chi connectivity index (χ2v) is 3.66. The first-order chi connectivity index (χ1) is 7.15. The van der Waals surface area contributed by atoms with E-state index in [1.54, 1.807) is 12.4 Å². The molecule has 1 amide bonds. The lowest BCUT2D eigenvalue weighted by Crippen LogP contribution is -2.36. The van der Waals surface area contributed by atoms with Crippen LogP contribution in [0.3, 0.4) is 0 Å². The van der Waals surface area contributed by atoms with E-state index in [1.807, 2.05) is 20.9 Å². The SMILES string of the molecule is CNCC(C)C(=O)NC(C)c1ncc[nH]1. The van der Waals surface area contributed by atoms with Crippen molar-refractivity contribution in [3.8, 4) is 0 Å². The highest BCUT2D eigenvalue weighted by Gasteiger charge is 2.16. The van der Waals surface area contributed by atoms with E-state index in [-0.39, 0.29) is 17.9 Å². The van der Waals surface area contributed by atoms with Gasteiger partial charge in [0.15, 0.2) is 0 Å². The van der Waals surface area contributed by atoms with Gasteiger partial charge in [-0.2, -0.15) is 0 Å². The molecule has 0 radical (unpaired) electrons. The minimum atomic E-state index is -0.0770. The molecule has 0 aliphatic carbocycles. The summed E-state index contributed by atoms with van der Waals surface area (Å²) >= 11 is 0. The van der Waals surface area contributed by atoms with Crippen LogP contribution in [0.25, 0.3) is 0 Å². The number of nitrogens with one attached hydrogen (secondary N) is 3. The Balaban J connectivity index is 2.44. The summed E-state index contributed by atoms with van der Waals surface area (Å²) in [6, 6.07) is -0.0770. The molecule has 0 aromatic carbocycles. The molecule has 0 spiro atoms. The number of rotatable bonds is 5. The second kappa shape index (κ2) is 5.50. The van der Waals surface area contributed by atoms with E-state index in [4.69, 9.17) is 0 Å². The average molecular weight is 210 g/mol. The molecule has 2 unspecified atom stereocenters. The zero-order chi connectivity index (χ0) is 11.3. The molecule has 0 saturated heterocycles. The first-order valence-electron chi connectivity index (χ1n) is 5.09. The molecule has 1 aromatic rings. The minimum absolute atomic E-state index is 0.0348. The molecule has 3 N–H and O–H groups in total. The number of aromatic nitrogens is 2. The van der Waals surface area contributed by atoms with E-state index in [0.29, 0.717) is 6.54 Å². The Kier molecular flexibility index (Phi) is 4.30. The van der Waals surface area contributed by atoms with Crippen molar-refractivity contribution >= 4 is 5.91 Å². The van der Waals surface area contributed by atoms with Crippen LogP contribution < -0.4 is 10.6 Å².